The number of aryl methyl sites for hydroxylation is 2. The number of hydrogen-bond acceptors (Lipinski definition) is 5. The van der Waals surface area contributed by atoms with Gasteiger partial charge in [0, 0.05) is 51.5 Å². The Labute approximate surface area is 158 Å². The van der Waals surface area contributed by atoms with Gasteiger partial charge in [-0.05, 0) is 24.6 Å². The monoisotopic (exact) mass is 370 g/mol. The molecule has 8 heteroatoms. The topological polar surface area (TPSA) is 91.3 Å². The second-order valence-electron chi connectivity index (χ2n) is 6.75. The third-order valence-electron chi connectivity index (χ3n) is 4.75. The number of nitrogens with zero attached hydrogens (tertiary/aromatic N) is 3. The fourth-order valence-corrected chi connectivity index (χ4v) is 3.39. The smallest absolute Gasteiger partial charge is 0.251 e. The fourth-order valence-electron chi connectivity index (χ4n) is 3.39. The van der Waals surface area contributed by atoms with Crippen LogP contribution in [0, 0.1) is 6.92 Å². The maximum atomic E-state index is 12.6. The average molecular weight is 370 g/mol. The molecule has 1 aromatic carbocycles. The minimum absolute atomic E-state index is 0.0316. The van der Waals surface area contributed by atoms with Crippen molar-refractivity contribution < 1.29 is 9.59 Å². The van der Waals surface area contributed by atoms with E-state index in [4.69, 9.17) is 0 Å². The van der Waals surface area contributed by atoms with Crippen molar-refractivity contribution in [2.75, 3.05) is 38.5 Å². The normalized spacial score (nSPS) is 17.5. The van der Waals surface area contributed by atoms with Gasteiger partial charge >= 0.3 is 0 Å². The summed E-state index contributed by atoms with van der Waals surface area (Å²) in [6, 6.07) is 7.60. The average Bonchev–Trinajstić information content (AvgIpc) is 2.98. The zero-order valence-corrected chi connectivity index (χ0v) is 16.0. The molecule has 2 heterocycles. The molecule has 1 fully saturated rings. The summed E-state index contributed by atoms with van der Waals surface area (Å²) in [4.78, 5) is 26.6. The quantitative estimate of drug-likeness (QED) is 0.720. The van der Waals surface area contributed by atoms with E-state index in [-0.39, 0.29) is 24.4 Å². The molecule has 2 aromatic rings. The van der Waals surface area contributed by atoms with Crippen molar-refractivity contribution >= 4 is 17.5 Å². The van der Waals surface area contributed by atoms with E-state index in [2.05, 4.69) is 25.9 Å². The van der Waals surface area contributed by atoms with E-state index in [1.54, 1.807) is 24.0 Å². The maximum Gasteiger partial charge on any atom is 0.251 e. The summed E-state index contributed by atoms with van der Waals surface area (Å²) in [5, 5.41) is 13.2. The molecule has 1 saturated heterocycles. The number of amides is 2. The largest absolute Gasteiger partial charge is 0.355 e. The summed E-state index contributed by atoms with van der Waals surface area (Å²) in [6.07, 6.45) is 1.80. The number of benzene rings is 1. The first-order chi connectivity index (χ1) is 13.0. The molecule has 0 spiro atoms. The zero-order chi connectivity index (χ0) is 19.4. The Morgan fingerprint density at radius 2 is 2.19 bits per heavy atom. The molecule has 0 unspecified atom stereocenters. The minimum Gasteiger partial charge on any atom is -0.355 e. The summed E-state index contributed by atoms with van der Waals surface area (Å²) >= 11 is 0. The second kappa shape index (κ2) is 8.32. The van der Waals surface area contributed by atoms with Gasteiger partial charge in [-0.1, -0.05) is 12.1 Å². The van der Waals surface area contributed by atoms with Crippen LogP contribution in [0.1, 0.15) is 27.7 Å². The number of aromatic nitrogens is 2. The third kappa shape index (κ3) is 4.53. The molecule has 0 radical (unpaired) electrons. The minimum atomic E-state index is -0.114. The van der Waals surface area contributed by atoms with Crippen LogP contribution in [-0.2, 0) is 11.8 Å². The van der Waals surface area contributed by atoms with Gasteiger partial charge in [0.2, 0.25) is 5.91 Å². The zero-order valence-electron chi connectivity index (χ0n) is 16.0. The molecular weight excluding hydrogens is 344 g/mol. The van der Waals surface area contributed by atoms with Crippen LogP contribution >= 0.6 is 0 Å². The number of carbonyl (C=O) groups excluding carboxylic acids is 2. The molecule has 1 aromatic heterocycles. The maximum absolute atomic E-state index is 12.6. The van der Waals surface area contributed by atoms with Crippen LogP contribution in [0.4, 0.5) is 5.69 Å². The van der Waals surface area contributed by atoms with Crippen LogP contribution in [-0.4, -0.2) is 59.7 Å². The lowest BCUT2D eigenvalue weighted by molar-refractivity contribution is -0.118. The highest BCUT2D eigenvalue weighted by atomic mass is 16.2. The standard InChI is InChI=1S/C19H26N6O2/c1-13-16(11-24(3)23-13)22-18(26)12-25-8-7-21-10-17(25)14-5-4-6-15(9-14)19(27)20-2/h4-6,9,11,17,21H,7-8,10,12H2,1-3H3,(H,20,27)(H,22,26)/t17-/m1/s1. The highest BCUT2D eigenvalue weighted by Gasteiger charge is 2.26. The van der Waals surface area contributed by atoms with Crippen LogP contribution in [0.25, 0.3) is 0 Å². The van der Waals surface area contributed by atoms with E-state index in [1.807, 2.05) is 32.2 Å². The summed E-state index contributed by atoms with van der Waals surface area (Å²) in [5.74, 6) is -0.183. The fraction of sp³-hybridized carbons (Fsp3) is 0.421. The lowest BCUT2D eigenvalue weighted by Crippen LogP contribution is -2.48. The van der Waals surface area contributed by atoms with E-state index in [9.17, 15) is 9.59 Å². The molecule has 1 aliphatic rings. The van der Waals surface area contributed by atoms with Gasteiger partial charge in [-0.2, -0.15) is 5.10 Å². The van der Waals surface area contributed by atoms with Gasteiger partial charge in [-0.15, -0.1) is 0 Å². The number of carbonyl (C=O) groups is 2. The molecule has 3 N–H and O–H groups in total. The van der Waals surface area contributed by atoms with Crippen molar-refractivity contribution in [3.63, 3.8) is 0 Å². The number of nitrogens with one attached hydrogen (secondary N) is 3. The highest BCUT2D eigenvalue weighted by Crippen LogP contribution is 2.23. The van der Waals surface area contributed by atoms with Crippen molar-refractivity contribution in [3.05, 3.63) is 47.3 Å². The summed E-state index contributed by atoms with van der Waals surface area (Å²) in [7, 11) is 3.45. The van der Waals surface area contributed by atoms with Crippen LogP contribution in [0.15, 0.2) is 30.5 Å². The Kier molecular flexibility index (Phi) is 5.88. The summed E-state index contributed by atoms with van der Waals surface area (Å²) in [6.45, 7) is 4.47. The predicted molar refractivity (Wildman–Crippen MR) is 104 cm³/mol. The predicted octanol–water partition coefficient (Wildman–Crippen LogP) is 0.673. The lowest BCUT2D eigenvalue weighted by atomic mass is 10.0. The molecule has 0 aliphatic carbocycles. The van der Waals surface area contributed by atoms with Crippen molar-refractivity contribution in [1.29, 1.82) is 0 Å². The van der Waals surface area contributed by atoms with Crippen molar-refractivity contribution in [2.45, 2.75) is 13.0 Å². The van der Waals surface area contributed by atoms with Crippen molar-refractivity contribution in [3.8, 4) is 0 Å². The van der Waals surface area contributed by atoms with Gasteiger partial charge < -0.3 is 16.0 Å². The molecule has 27 heavy (non-hydrogen) atoms. The number of hydrogen-bond donors (Lipinski definition) is 3. The van der Waals surface area contributed by atoms with Gasteiger partial charge in [0.1, 0.15) is 0 Å². The number of piperazine rings is 1. The Morgan fingerprint density at radius 1 is 1.37 bits per heavy atom. The first kappa shape index (κ1) is 19.1. The van der Waals surface area contributed by atoms with Gasteiger partial charge in [0.25, 0.3) is 5.91 Å². The highest BCUT2D eigenvalue weighted by molar-refractivity contribution is 5.94. The van der Waals surface area contributed by atoms with Crippen molar-refractivity contribution in [2.24, 2.45) is 7.05 Å². The SMILES string of the molecule is CNC(=O)c1cccc([C@H]2CNCCN2CC(=O)Nc2cn(C)nc2C)c1. The van der Waals surface area contributed by atoms with E-state index in [1.165, 1.54) is 0 Å². The molecular formula is C19H26N6O2. The van der Waals surface area contributed by atoms with Crippen LogP contribution in [0.5, 0.6) is 0 Å². The molecule has 2 amide bonds. The first-order valence-electron chi connectivity index (χ1n) is 9.05. The second-order valence-corrected chi connectivity index (χ2v) is 6.75. The van der Waals surface area contributed by atoms with E-state index in [0.717, 1.165) is 36.6 Å². The molecule has 1 atom stereocenters. The summed E-state index contributed by atoms with van der Waals surface area (Å²) < 4.78 is 1.68. The Balaban J connectivity index is 1.73. The molecule has 1 aliphatic heterocycles. The molecule has 0 saturated carbocycles. The molecule has 8 nitrogen and oxygen atoms in total. The van der Waals surface area contributed by atoms with Gasteiger partial charge in [-0.3, -0.25) is 19.2 Å². The van der Waals surface area contributed by atoms with Gasteiger partial charge in [0.15, 0.2) is 0 Å². The van der Waals surface area contributed by atoms with Crippen molar-refractivity contribution in [1.82, 2.24) is 25.3 Å². The third-order valence-corrected chi connectivity index (χ3v) is 4.75. The Bertz CT molecular complexity index is 831. The Hall–Kier alpha value is -2.71. The van der Waals surface area contributed by atoms with Crippen LogP contribution in [0.3, 0.4) is 0 Å². The van der Waals surface area contributed by atoms with Gasteiger partial charge in [-0.25, -0.2) is 0 Å². The number of rotatable bonds is 5. The molecule has 144 valence electrons. The lowest BCUT2D eigenvalue weighted by Gasteiger charge is -2.36. The van der Waals surface area contributed by atoms with Gasteiger partial charge in [0.05, 0.1) is 17.9 Å². The first-order valence-corrected chi connectivity index (χ1v) is 9.05. The van der Waals surface area contributed by atoms with E-state index >= 15 is 0 Å². The number of anilines is 1. The Morgan fingerprint density at radius 3 is 2.89 bits per heavy atom. The van der Waals surface area contributed by atoms with Crippen LogP contribution in [0.2, 0.25) is 0 Å². The molecule has 0 bridgehead atoms. The van der Waals surface area contributed by atoms with Crippen LogP contribution < -0.4 is 16.0 Å². The van der Waals surface area contributed by atoms with E-state index < -0.39 is 0 Å². The van der Waals surface area contributed by atoms with E-state index in [0.29, 0.717) is 5.56 Å². The molecule has 3 rings (SSSR count). The summed E-state index contributed by atoms with van der Waals surface area (Å²) in [5.41, 5.74) is 3.17.